The van der Waals surface area contributed by atoms with Gasteiger partial charge in [-0.1, -0.05) is 48.3 Å². The molecule has 0 aromatic heterocycles. The van der Waals surface area contributed by atoms with Crippen molar-refractivity contribution >= 4 is 41.1 Å². The number of carbonyl (C=O) groups excluding carboxylic acids is 3. The van der Waals surface area contributed by atoms with Gasteiger partial charge in [-0.2, -0.15) is 0 Å². The Bertz CT molecular complexity index is 804. The Morgan fingerprint density at radius 3 is 2.20 bits per heavy atom. The molecule has 0 atom stereocenters. The molecule has 6 nitrogen and oxygen atoms in total. The first-order valence-electron chi connectivity index (χ1n) is 7.11. The average Bonchev–Trinajstić information content (AvgIpc) is 2.63. The second-order valence-electron chi connectivity index (χ2n) is 4.67. The third-order valence-corrected chi connectivity index (χ3v) is 3.65. The van der Waals surface area contributed by atoms with Crippen LogP contribution in [0.4, 0.5) is 0 Å². The molecule has 0 amide bonds. The minimum absolute atomic E-state index is 0.0460. The average molecular weight is 383 g/mol. The molecule has 0 saturated carbocycles. The van der Waals surface area contributed by atoms with Gasteiger partial charge in [0.05, 0.1) is 21.2 Å². The maximum Gasteiger partial charge on any atom is 0.387 e. The summed E-state index contributed by atoms with van der Waals surface area (Å²) in [5.74, 6) is -2.64. The molecule has 0 bridgehead atoms. The smallest absolute Gasteiger partial charge is 0.387 e. The quantitative estimate of drug-likeness (QED) is 0.340. The van der Waals surface area contributed by atoms with Gasteiger partial charge in [0, 0.05) is 6.42 Å². The molecule has 0 spiro atoms. The number of halogens is 2. The van der Waals surface area contributed by atoms with Crippen molar-refractivity contribution in [3.05, 3.63) is 63.6 Å². The van der Waals surface area contributed by atoms with E-state index in [0.29, 0.717) is 0 Å². The van der Waals surface area contributed by atoms with Crippen LogP contribution in [-0.2, 0) is 14.6 Å². The Kier molecular flexibility index (Phi) is 6.38. The lowest BCUT2D eigenvalue weighted by Crippen LogP contribution is -2.13. The van der Waals surface area contributed by atoms with Gasteiger partial charge in [-0.3, -0.25) is 4.79 Å². The molecule has 0 unspecified atom stereocenters. The van der Waals surface area contributed by atoms with Gasteiger partial charge in [-0.15, -0.1) is 0 Å². The van der Waals surface area contributed by atoms with Gasteiger partial charge in [-0.25, -0.2) is 19.4 Å². The van der Waals surface area contributed by atoms with Crippen LogP contribution in [0.5, 0.6) is 5.75 Å². The fourth-order valence-electron chi connectivity index (χ4n) is 1.71. The van der Waals surface area contributed by atoms with E-state index in [9.17, 15) is 14.4 Å². The van der Waals surface area contributed by atoms with Crippen molar-refractivity contribution < 1.29 is 28.9 Å². The molecule has 0 saturated heterocycles. The van der Waals surface area contributed by atoms with Gasteiger partial charge in [0.1, 0.15) is 0 Å². The maximum absolute atomic E-state index is 12.1. The largest absolute Gasteiger partial charge is 0.423 e. The Morgan fingerprint density at radius 2 is 1.56 bits per heavy atom. The molecule has 0 fully saturated rings. The van der Waals surface area contributed by atoms with Crippen LogP contribution in [0.2, 0.25) is 10.0 Å². The van der Waals surface area contributed by atoms with E-state index < -0.39 is 17.9 Å². The number of rotatable bonds is 4. The molecule has 0 aliphatic carbocycles. The van der Waals surface area contributed by atoms with Crippen molar-refractivity contribution in [2.45, 2.75) is 13.3 Å². The molecule has 0 radical (unpaired) electrons. The van der Waals surface area contributed by atoms with E-state index in [1.807, 2.05) is 0 Å². The van der Waals surface area contributed by atoms with Gasteiger partial charge < -0.3 is 4.74 Å². The van der Waals surface area contributed by atoms with E-state index in [4.69, 9.17) is 27.9 Å². The topological polar surface area (TPSA) is 78.9 Å². The summed E-state index contributed by atoms with van der Waals surface area (Å²) in [6.07, 6.45) is 0.0933. The third kappa shape index (κ3) is 4.71. The molecular formula is C17H12Cl2O6. The SMILES string of the molecule is CCC(=O)Oc1c(Cl)ccc(C(=O)OOC(=O)c2ccccc2)c1Cl. The number of hydrogen-bond acceptors (Lipinski definition) is 6. The van der Waals surface area contributed by atoms with Crippen molar-refractivity contribution in [3.8, 4) is 5.75 Å². The van der Waals surface area contributed by atoms with Crippen LogP contribution in [0.3, 0.4) is 0 Å². The molecule has 0 N–H and O–H groups in total. The first-order valence-corrected chi connectivity index (χ1v) is 7.86. The third-order valence-electron chi connectivity index (χ3n) is 2.98. The van der Waals surface area contributed by atoms with E-state index in [0.717, 1.165) is 0 Å². The zero-order valence-electron chi connectivity index (χ0n) is 13.0. The summed E-state index contributed by atoms with van der Waals surface area (Å²) >= 11 is 12.0. The second kappa shape index (κ2) is 8.50. The van der Waals surface area contributed by atoms with Crippen LogP contribution < -0.4 is 4.74 Å². The van der Waals surface area contributed by atoms with E-state index in [-0.39, 0.29) is 33.3 Å². The van der Waals surface area contributed by atoms with Gasteiger partial charge in [0.2, 0.25) is 0 Å². The summed E-state index contributed by atoms with van der Waals surface area (Å²) in [6, 6.07) is 10.5. The van der Waals surface area contributed by atoms with Gasteiger partial charge >= 0.3 is 17.9 Å². The molecule has 0 aliphatic heterocycles. The second-order valence-corrected chi connectivity index (χ2v) is 5.46. The van der Waals surface area contributed by atoms with Crippen LogP contribution in [0.15, 0.2) is 42.5 Å². The highest BCUT2D eigenvalue weighted by atomic mass is 35.5. The summed E-state index contributed by atoms with van der Waals surface area (Å²) in [5, 5.41) is -0.181. The highest BCUT2D eigenvalue weighted by Gasteiger charge is 2.22. The van der Waals surface area contributed by atoms with Crippen molar-refractivity contribution in [3.63, 3.8) is 0 Å². The molecule has 25 heavy (non-hydrogen) atoms. The lowest BCUT2D eigenvalue weighted by Gasteiger charge is -2.10. The molecule has 2 aromatic carbocycles. The Hall–Kier alpha value is -2.57. The zero-order valence-corrected chi connectivity index (χ0v) is 14.5. The predicted octanol–water partition coefficient (Wildman–Crippen LogP) is 4.24. The standard InChI is InChI=1S/C17H12Cl2O6/c1-2-13(20)23-15-12(18)9-8-11(14(15)19)17(22)25-24-16(21)10-6-4-3-5-7-10/h3-9H,2H2,1H3. The number of ether oxygens (including phenoxy) is 1. The Balaban J connectivity index is 2.13. The first-order chi connectivity index (χ1) is 11.9. The fourth-order valence-corrected chi connectivity index (χ4v) is 2.24. The lowest BCUT2D eigenvalue weighted by molar-refractivity contribution is -0.187. The van der Waals surface area contributed by atoms with E-state index in [2.05, 4.69) is 9.78 Å². The number of benzene rings is 2. The highest BCUT2D eigenvalue weighted by molar-refractivity contribution is 6.39. The number of esters is 1. The van der Waals surface area contributed by atoms with Crippen molar-refractivity contribution in [2.75, 3.05) is 0 Å². The molecule has 0 aliphatic rings. The normalized spacial score (nSPS) is 10.0. The van der Waals surface area contributed by atoms with E-state index >= 15 is 0 Å². The molecule has 2 aromatic rings. The summed E-state index contributed by atoms with van der Waals surface area (Å²) in [5.41, 5.74) is 0.0286. The highest BCUT2D eigenvalue weighted by Crippen LogP contribution is 2.36. The monoisotopic (exact) mass is 382 g/mol. The van der Waals surface area contributed by atoms with Crippen molar-refractivity contribution in [2.24, 2.45) is 0 Å². The molecule has 2 rings (SSSR count). The molecular weight excluding hydrogens is 371 g/mol. The van der Waals surface area contributed by atoms with Crippen molar-refractivity contribution in [1.29, 1.82) is 0 Å². The Morgan fingerprint density at radius 1 is 0.920 bits per heavy atom. The van der Waals surface area contributed by atoms with Crippen LogP contribution in [-0.4, -0.2) is 17.9 Å². The molecule has 0 heterocycles. The maximum atomic E-state index is 12.1. The first kappa shape index (κ1) is 18.8. The van der Waals surface area contributed by atoms with Crippen LogP contribution in [0.25, 0.3) is 0 Å². The zero-order chi connectivity index (χ0) is 18.4. The van der Waals surface area contributed by atoms with Gasteiger partial charge in [0.15, 0.2) is 5.75 Å². The van der Waals surface area contributed by atoms with Crippen LogP contribution in [0, 0.1) is 0 Å². The molecule has 8 heteroatoms. The summed E-state index contributed by atoms with van der Waals surface area (Å²) < 4.78 is 4.99. The molecule has 130 valence electrons. The Labute approximate surface area is 153 Å². The fraction of sp³-hybridized carbons (Fsp3) is 0.118. The van der Waals surface area contributed by atoms with Crippen LogP contribution in [0.1, 0.15) is 34.1 Å². The van der Waals surface area contributed by atoms with Gasteiger partial charge in [-0.05, 0) is 24.3 Å². The minimum Gasteiger partial charge on any atom is -0.423 e. The van der Waals surface area contributed by atoms with E-state index in [1.165, 1.54) is 24.3 Å². The predicted molar refractivity (Wildman–Crippen MR) is 89.7 cm³/mol. The summed E-state index contributed by atoms with van der Waals surface area (Å²) in [4.78, 5) is 44.2. The summed E-state index contributed by atoms with van der Waals surface area (Å²) in [6.45, 7) is 1.59. The van der Waals surface area contributed by atoms with E-state index in [1.54, 1.807) is 25.1 Å². The lowest BCUT2D eigenvalue weighted by atomic mass is 10.2. The summed E-state index contributed by atoms with van der Waals surface area (Å²) in [7, 11) is 0. The number of hydrogen-bond donors (Lipinski definition) is 0. The number of carbonyl (C=O) groups is 3. The minimum atomic E-state index is -1.04. The van der Waals surface area contributed by atoms with Crippen LogP contribution >= 0.6 is 23.2 Å². The van der Waals surface area contributed by atoms with Gasteiger partial charge in [0.25, 0.3) is 0 Å². The van der Waals surface area contributed by atoms with Crippen molar-refractivity contribution in [1.82, 2.24) is 0 Å².